The number of aromatic nitrogens is 3. The highest BCUT2D eigenvalue weighted by Crippen LogP contribution is 2.10. The molecule has 2 rings (SSSR count). The Morgan fingerprint density at radius 3 is 2.76 bits per heavy atom. The number of nitrogens with zero attached hydrogens (tertiary/aromatic N) is 4. The summed E-state index contributed by atoms with van der Waals surface area (Å²) in [5, 5.41) is 3.84. The molecule has 0 bridgehead atoms. The minimum Gasteiger partial charge on any atom is -0.492 e. The number of hydrogen-bond acceptors (Lipinski definition) is 5. The van der Waals surface area contributed by atoms with E-state index in [1.165, 1.54) is 40.2 Å². The van der Waals surface area contributed by atoms with Gasteiger partial charge in [-0.3, -0.25) is 4.79 Å². The largest absolute Gasteiger partial charge is 0.492 e. The highest BCUT2D eigenvalue weighted by molar-refractivity contribution is 5.75. The highest BCUT2D eigenvalue weighted by atomic mass is 19.1. The number of carbonyl (C=O) groups excluding carboxylic acids is 1. The van der Waals surface area contributed by atoms with Gasteiger partial charge in [0.05, 0.1) is 6.54 Å². The zero-order valence-electron chi connectivity index (χ0n) is 11.6. The molecule has 0 unspecified atom stereocenters. The number of halogens is 1. The Bertz CT molecular complexity index is 599. The summed E-state index contributed by atoms with van der Waals surface area (Å²) >= 11 is 0. The van der Waals surface area contributed by atoms with Crippen molar-refractivity contribution in [3.8, 4) is 5.75 Å². The molecule has 1 aromatic heterocycles. The fourth-order valence-electron chi connectivity index (χ4n) is 1.60. The van der Waals surface area contributed by atoms with Gasteiger partial charge in [-0.05, 0) is 24.3 Å². The van der Waals surface area contributed by atoms with Crippen molar-refractivity contribution in [2.75, 3.05) is 25.9 Å². The van der Waals surface area contributed by atoms with E-state index < -0.39 is 0 Å². The SMILES string of the molecule is CN(CCOc1ccc(F)cc1)C(=O)Cn1cnc(N)n1. The standard InChI is InChI=1S/C13H16FN5O2/c1-18(12(20)8-19-9-16-13(15)17-19)6-7-21-11-4-2-10(14)3-5-11/h2-5,9H,6-8H2,1H3,(H2,15,17). The zero-order valence-corrected chi connectivity index (χ0v) is 11.6. The van der Waals surface area contributed by atoms with Crippen LogP contribution < -0.4 is 10.5 Å². The maximum atomic E-state index is 12.7. The number of benzene rings is 1. The predicted molar refractivity (Wildman–Crippen MR) is 74.0 cm³/mol. The first-order chi connectivity index (χ1) is 10.0. The third-order valence-corrected chi connectivity index (χ3v) is 2.79. The predicted octanol–water partition coefficient (Wildman–Crippen LogP) is 0.537. The van der Waals surface area contributed by atoms with Gasteiger partial charge in [0.2, 0.25) is 11.9 Å². The molecule has 0 aliphatic rings. The molecule has 0 saturated carbocycles. The molecule has 0 aliphatic heterocycles. The molecule has 8 heteroatoms. The fourth-order valence-corrected chi connectivity index (χ4v) is 1.60. The molecule has 1 heterocycles. The number of amides is 1. The van der Waals surface area contributed by atoms with Crippen LogP contribution in [0.4, 0.5) is 10.3 Å². The van der Waals surface area contributed by atoms with E-state index in [9.17, 15) is 9.18 Å². The van der Waals surface area contributed by atoms with Crippen molar-refractivity contribution in [1.29, 1.82) is 0 Å². The monoisotopic (exact) mass is 293 g/mol. The first-order valence-corrected chi connectivity index (χ1v) is 6.32. The molecule has 112 valence electrons. The number of carbonyl (C=O) groups is 1. The molecule has 7 nitrogen and oxygen atoms in total. The van der Waals surface area contributed by atoms with Gasteiger partial charge in [0.1, 0.15) is 31.0 Å². The number of ether oxygens (including phenoxy) is 1. The lowest BCUT2D eigenvalue weighted by Crippen LogP contribution is -2.33. The maximum absolute atomic E-state index is 12.7. The van der Waals surface area contributed by atoms with E-state index in [0.29, 0.717) is 18.9 Å². The Balaban J connectivity index is 1.74. The van der Waals surface area contributed by atoms with E-state index >= 15 is 0 Å². The molecule has 2 N–H and O–H groups in total. The summed E-state index contributed by atoms with van der Waals surface area (Å²) in [5.74, 6) is 0.232. The molecule has 0 fully saturated rings. The third kappa shape index (κ3) is 4.44. The van der Waals surface area contributed by atoms with Crippen LogP contribution in [0.15, 0.2) is 30.6 Å². The van der Waals surface area contributed by atoms with Crippen LogP contribution in [-0.2, 0) is 11.3 Å². The van der Waals surface area contributed by atoms with Crippen LogP contribution in [0.1, 0.15) is 0 Å². The molecule has 21 heavy (non-hydrogen) atoms. The molecule has 0 radical (unpaired) electrons. The maximum Gasteiger partial charge on any atom is 0.244 e. The lowest BCUT2D eigenvalue weighted by atomic mass is 10.3. The van der Waals surface area contributed by atoms with E-state index in [-0.39, 0.29) is 24.2 Å². The van der Waals surface area contributed by atoms with Gasteiger partial charge in [0, 0.05) is 7.05 Å². The molecule has 2 aromatic rings. The van der Waals surface area contributed by atoms with Gasteiger partial charge in [0.25, 0.3) is 0 Å². The summed E-state index contributed by atoms with van der Waals surface area (Å²) in [4.78, 5) is 17.2. The Labute approximate surface area is 121 Å². The van der Waals surface area contributed by atoms with Crippen LogP contribution in [0.2, 0.25) is 0 Å². The van der Waals surface area contributed by atoms with Crippen molar-refractivity contribution < 1.29 is 13.9 Å². The van der Waals surface area contributed by atoms with E-state index in [1.54, 1.807) is 7.05 Å². The van der Waals surface area contributed by atoms with E-state index in [4.69, 9.17) is 10.5 Å². The topological polar surface area (TPSA) is 86.3 Å². The van der Waals surface area contributed by atoms with Crippen LogP contribution in [0.3, 0.4) is 0 Å². The van der Waals surface area contributed by atoms with Gasteiger partial charge < -0.3 is 15.4 Å². The fraction of sp³-hybridized carbons (Fsp3) is 0.308. The zero-order chi connectivity index (χ0) is 15.2. The van der Waals surface area contributed by atoms with E-state index in [1.807, 2.05) is 0 Å². The number of nitrogens with two attached hydrogens (primary N) is 1. The normalized spacial score (nSPS) is 10.4. The molecule has 0 atom stereocenters. The van der Waals surface area contributed by atoms with Gasteiger partial charge in [0.15, 0.2) is 0 Å². The van der Waals surface area contributed by atoms with Crippen molar-refractivity contribution in [3.63, 3.8) is 0 Å². The average molecular weight is 293 g/mol. The minimum atomic E-state index is -0.318. The van der Waals surface area contributed by atoms with Crippen LogP contribution >= 0.6 is 0 Å². The molecule has 0 saturated heterocycles. The number of likely N-dealkylation sites (N-methyl/N-ethyl adjacent to an activating group) is 1. The molecule has 1 aromatic carbocycles. The first kappa shape index (κ1) is 14.8. The summed E-state index contributed by atoms with van der Waals surface area (Å²) in [7, 11) is 1.66. The second-order valence-electron chi connectivity index (χ2n) is 4.42. The Kier molecular flexibility index (Phi) is 4.70. The van der Waals surface area contributed by atoms with Gasteiger partial charge in [-0.15, -0.1) is 5.10 Å². The van der Waals surface area contributed by atoms with Crippen LogP contribution in [0.5, 0.6) is 5.75 Å². The van der Waals surface area contributed by atoms with Crippen molar-refractivity contribution in [3.05, 3.63) is 36.4 Å². The van der Waals surface area contributed by atoms with Crippen molar-refractivity contribution in [2.45, 2.75) is 6.54 Å². The lowest BCUT2D eigenvalue weighted by molar-refractivity contribution is -0.131. The molecule has 1 amide bonds. The van der Waals surface area contributed by atoms with Crippen molar-refractivity contribution >= 4 is 11.9 Å². The third-order valence-electron chi connectivity index (χ3n) is 2.79. The average Bonchev–Trinajstić information content (AvgIpc) is 2.86. The summed E-state index contributed by atoms with van der Waals surface area (Å²) in [6.45, 7) is 0.783. The van der Waals surface area contributed by atoms with Crippen LogP contribution in [0.25, 0.3) is 0 Å². The van der Waals surface area contributed by atoms with Gasteiger partial charge in [-0.2, -0.15) is 0 Å². The Hall–Kier alpha value is -2.64. The molecular weight excluding hydrogens is 277 g/mol. The summed E-state index contributed by atoms with van der Waals surface area (Å²) in [5.41, 5.74) is 5.37. The highest BCUT2D eigenvalue weighted by Gasteiger charge is 2.10. The van der Waals surface area contributed by atoms with E-state index in [0.717, 1.165) is 0 Å². The smallest absolute Gasteiger partial charge is 0.244 e. The number of rotatable bonds is 6. The van der Waals surface area contributed by atoms with Crippen molar-refractivity contribution in [1.82, 2.24) is 19.7 Å². The number of nitrogen functional groups attached to an aromatic ring is 1. The molecule has 0 spiro atoms. The lowest BCUT2D eigenvalue weighted by Gasteiger charge is -2.17. The Morgan fingerprint density at radius 1 is 1.43 bits per heavy atom. The second kappa shape index (κ2) is 6.69. The summed E-state index contributed by atoms with van der Waals surface area (Å²) in [6, 6.07) is 5.71. The Morgan fingerprint density at radius 2 is 2.14 bits per heavy atom. The first-order valence-electron chi connectivity index (χ1n) is 6.32. The van der Waals surface area contributed by atoms with Crippen LogP contribution in [-0.4, -0.2) is 45.8 Å². The minimum absolute atomic E-state index is 0.0667. The number of hydrogen-bond donors (Lipinski definition) is 1. The quantitative estimate of drug-likeness (QED) is 0.840. The summed E-state index contributed by atoms with van der Waals surface area (Å²) < 4.78 is 19.5. The summed E-state index contributed by atoms with van der Waals surface area (Å²) in [6.07, 6.45) is 1.40. The van der Waals surface area contributed by atoms with Gasteiger partial charge in [-0.1, -0.05) is 0 Å². The van der Waals surface area contributed by atoms with Gasteiger partial charge >= 0.3 is 0 Å². The van der Waals surface area contributed by atoms with Crippen molar-refractivity contribution in [2.24, 2.45) is 0 Å². The van der Waals surface area contributed by atoms with E-state index in [2.05, 4.69) is 10.1 Å². The number of anilines is 1. The molecular formula is C13H16FN5O2. The van der Waals surface area contributed by atoms with Gasteiger partial charge in [-0.25, -0.2) is 14.1 Å². The molecule has 0 aliphatic carbocycles. The van der Waals surface area contributed by atoms with Crippen LogP contribution in [0, 0.1) is 5.82 Å². The second-order valence-corrected chi connectivity index (χ2v) is 4.42.